The molecule has 2 rings (SSSR count). The van der Waals surface area contributed by atoms with E-state index in [0.29, 0.717) is 11.7 Å². The lowest BCUT2D eigenvalue weighted by atomic mass is 10.0. The minimum atomic E-state index is -0.346. The first kappa shape index (κ1) is 13.8. The van der Waals surface area contributed by atoms with Crippen LogP contribution in [0.3, 0.4) is 0 Å². The Morgan fingerprint density at radius 2 is 2.22 bits per heavy atom. The molecule has 0 aromatic carbocycles. The lowest BCUT2D eigenvalue weighted by Gasteiger charge is -2.22. The molecule has 0 radical (unpaired) electrons. The zero-order valence-electron chi connectivity index (χ0n) is 11.0. The van der Waals surface area contributed by atoms with E-state index >= 15 is 0 Å². The normalized spacial score (nSPS) is 20.2. The van der Waals surface area contributed by atoms with Crippen molar-refractivity contribution >= 4 is 11.8 Å². The van der Waals surface area contributed by atoms with Crippen molar-refractivity contribution in [1.29, 1.82) is 0 Å². The van der Waals surface area contributed by atoms with Gasteiger partial charge in [0.15, 0.2) is 0 Å². The first-order valence-corrected chi connectivity index (χ1v) is 7.75. The highest BCUT2D eigenvalue weighted by molar-refractivity contribution is 7.98. The van der Waals surface area contributed by atoms with Crippen molar-refractivity contribution in [1.82, 2.24) is 10.1 Å². The average Bonchev–Trinajstić information content (AvgIpc) is 3.04. The van der Waals surface area contributed by atoms with E-state index in [1.807, 2.05) is 0 Å². The van der Waals surface area contributed by atoms with Crippen molar-refractivity contribution in [2.24, 2.45) is 5.73 Å². The van der Waals surface area contributed by atoms with E-state index in [1.54, 1.807) is 18.9 Å². The second-order valence-electron chi connectivity index (χ2n) is 4.75. The third kappa shape index (κ3) is 2.70. The van der Waals surface area contributed by atoms with Gasteiger partial charge in [-0.2, -0.15) is 16.7 Å². The summed E-state index contributed by atoms with van der Waals surface area (Å²) in [5.74, 6) is 2.19. The maximum atomic E-state index is 6.03. The van der Waals surface area contributed by atoms with Crippen LogP contribution in [0.1, 0.15) is 49.9 Å². The Labute approximate surface area is 112 Å². The Kier molecular flexibility index (Phi) is 4.64. The van der Waals surface area contributed by atoms with Gasteiger partial charge in [0, 0.05) is 7.11 Å². The van der Waals surface area contributed by atoms with Gasteiger partial charge in [-0.05, 0) is 44.1 Å². The molecule has 1 aliphatic carbocycles. The van der Waals surface area contributed by atoms with Gasteiger partial charge in [0.25, 0.3) is 0 Å². The number of hydrogen-bond donors (Lipinski definition) is 1. The summed E-state index contributed by atoms with van der Waals surface area (Å²) in [4.78, 5) is 4.45. The standard InChI is InChI=1S/C12H21N3O2S/c1-16-12(6-3-4-7-12)11-14-10(17-15-11)9(13)5-8-18-2/h9H,3-8,13H2,1-2H3/t9-/m1/s1. The molecule has 1 fully saturated rings. The second kappa shape index (κ2) is 6.04. The summed E-state index contributed by atoms with van der Waals surface area (Å²) in [6, 6.07) is -0.172. The summed E-state index contributed by atoms with van der Waals surface area (Å²) in [6.07, 6.45) is 7.13. The minimum Gasteiger partial charge on any atom is -0.370 e. The van der Waals surface area contributed by atoms with E-state index in [1.165, 1.54) is 0 Å². The van der Waals surface area contributed by atoms with Crippen LogP contribution in [0.2, 0.25) is 0 Å². The Bertz CT molecular complexity index is 377. The number of aromatic nitrogens is 2. The largest absolute Gasteiger partial charge is 0.370 e. The van der Waals surface area contributed by atoms with Gasteiger partial charge in [0.05, 0.1) is 6.04 Å². The van der Waals surface area contributed by atoms with Crippen molar-refractivity contribution in [2.45, 2.75) is 43.7 Å². The van der Waals surface area contributed by atoms with Crippen molar-refractivity contribution in [3.63, 3.8) is 0 Å². The number of thioether (sulfide) groups is 1. The molecule has 0 aliphatic heterocycles. The number of ether oxygens (including phenoxy) is 1. The summed E-state index contributed by atoms with van der Waals surface area (Å²) in [5.41, 5.74) is 5.68. The minimum absolute atomic E-state index is 0.172. The number of methoxy groups -OCH3 is 1. The van der Waals surface area contributed by atoms with Gasteiger partial charge in [-0.1, -0.05) is 5.16 Å². The molecule has 0 bridgehead atoms. The maximum Gasteiger partial charge on any atom is 0.243 e. The fourth-order valence-electron chi connectivity index (χ4n) is 2.40. The molecule has 5 nitrogen and oxygen atoms in total. The Morgan fingerprint density at radius 1 is 1.50 bits per heavy atom. The molecule has 6 heteroatoms. The van der Waals surface area contributed by atoms with Crippen molar-refractivity contribution in [3.8, 4) is 0 Å². The highest BCUT2D eigenvalue weighted by Gasteiger charge is 2.40. The predicted molar refractivity (Wildman–Crippen MR) is 71.4 cm³/mol. The Morgan fingerprint density at radius 3 is 2.83 bits per heavy atom. The first-order valence-electron chi connectivity index (χ1n) is 6.35. The van der Waals surface area contributed by atoms with Crippen molar-refractivity contribution in [3.05, 3.63) is 11.7 Å². The summed E-state index contributed by atoms with van der Waals surface area (Å²) < 4.78 is 10.9. The number of hydrogen-bond acceptors (Lipinski definition) is 6. The van der Waals surface area contributed by atoms with Gasteiger partial charge >= 0.3 is 0 Å². The van der Waals surface area contributed by atoms with Crippen molar-refractivity contribution < 1.29 is 9.26 Å². The molecule has 2 N–H and O–H groups in total. The topological polar surface area (TPSA) is 74.2 Å². The highest BCUT2D eigenvalue weighted by atomic mass is 32.2. The third-order valence-electron chi connectivity index (χ3n) is 3.60. The monoisotopic (exact) mass is 271 g/mol. The van der Waals surface area contributed by atoms with Crippen LogP contribution in [0.25, 0.3) is 0 Å². The molecule has 1 atom stereocenters. The van der Waals surface area contributed by atoms with Crippen LogP contribution in [0.5, 0.6) is 0 Å². The van der Waals surface area contributed by atoms with Crippen LogP contribution in [0, 0.1) is 0 Å². The van der Waals surface area contributed by atoms with Gasteiger partial charge in [0.1, 0.15) is 5.60 Å². The maximum absolute atomic E-state index is 6.03. The van der Waals surface area contributed by atoms with Gasteiger partial charge < -0.3 is 15.0 Å². The molecule has 102 valence electrons. The van der Waals surface area contributed by atoms with E-state index in [9.17, 15) is 0 Å². The third-order valence-corrected chi connectivity index (χ3v) is 4.25. The number of rotatable bonds is 6. The van der Waals surface area contributed by atoms with Crippen LogP contribution in [-0.2, 0) is 10.3 Å². The summed E-state index contributed by atoms with van der Waals surface area (Å²) in [6.45, 7) is 0. The zero-order chi connectivity index (χ0) is 13.0. The SMILES string of the molecule is COC1(c2noc([C@H](N)CCSC)n2)CCCC1. The second-order valence-corrected chi connectivity index (χ2v) is 5.74. The smallest absolute Gasteiger partial charge is 0.243 e. The number of nitrogens with zero attached hydrogens (tertiary/aromatic N) is 2. The van der Waals surface area contributed by atoms with Gasteiger partial charge in [-0.3, -0.25) is 0 Å². The molecule has 18 heavy (non-hydrogen) atoms. The Balaban J connectivity index is 2.09. The molecule has 1 heterocycles. The van der Waals surface area contributed by atoms with E-state index in [4.69, 9.17) is 15.0 Å². The molecule has 0 saturated heterocycles. The molecule has 1 aromatic rings. The van der Waals surface area contributed by atoms with E-state index in [2.05, 4.69) is 16.4 Å². The Hall–Kier alpha value is -0.590. The molecule has 1 saturated carbocycles. The lowest BCUT2D eigenvalue weighted by Crippen LogP contribution is -2.26. The molecular weight excluding hydrogens is 250 g/mol. The quantitative estimate of drug-likeness (QED) is 0.855. The van der Waals surface area contributed by atoms with E-state index in [-0.39, 0.29) is 11.6 Å². The first-order chi connectivity index (χ1) is 8.72. The van der Waals surface area contributed by atoms with Crippen LogP contribution in [0.4, 0.5) is 0 Å². The van der Waals surface area contributed by atoms with Crippen LogP contribution < -0.4 is 5.73 Å². The molecule has 0 unspecified atom stereocenters. The summed E-state index contributed by atoms with van der Waals surface area (Å²) in [5, 5.41) is 4.07. The highest BCUT2D eigenvalue weighted by Crippen LogP contribution is 2.40. The van der Waals surface area contributed by atoms with Crippen LogP contribution in [-0.4, -0.2) is 29.3 Å². The molecule has 1 aliphatic rings. The molecule has 0 amide bonds. The zero-order valence-corrected chi connectivity index (χ0v) is 11.8. The molecular formula is C12H21N3O2S. The van der Waals surface area contributed by atoms with Crippen LogP contribution >= 0.6 is 11.8 Å². The van der Waals surface area contributed by atoms with Gasteiger partial charge in [-0.25, -0.2) is 0 Å². The van der Waals surface area contributed by atoms with Gasteiger partial charge in [0.2, 0.25) is 11.7 Å². The predicted octanol–water partition coefficient (Wildman–Crippen LogP) is 2.24. The lowest BCUT2D eigenvalue weighted by molar-refractivity contribution is -0.0178. The fraction of sp³-hybridized carbons (Fsp3) is 0.833. The molecule has 1 aromatic heterocycles. The van der Waals surface area contributed by atoms with Crippen molar-refractivity contribution in [2.75, 3.05) is 19.1 Å². The van der Waals surface area contributed by atoms with Crippen LogP contribution in [0.15, 0.2) is 4.52 Å². The molecule has 0 spiro atoms. The summed E-state index contributed by atoms with van der Waals surface area (Å²) >= 11 is 1.77. The number of nitrogens with two attached hydrogens (primary N) is 1. The average molecular weight is 271 g/mol. The van der Waals surface area contributed by atoms with E-state index in [0.717, 1.165) is 37.9 Å². The van der Waals surface area contributed by atoms with E-state index < -0.39 is 0 Å². The fourth-order valence-corrected chi connectivity index (χ4v) is 2.89. The van der Waals surface area contributed by atoms with Gasteiger partial charge in [-0.15, -0.1) is 0 Å². The summed E-state index contributed by atoms with van der Waals surface area (Å²) in [7, 11) is 1.72.